The summed E-state index contributed by atoms with van der Waals surface area (Å²) in [4.78, 5) is 35.6. The SMILES string of the molecule is Cc1cccc(CC(C)C)c1-c1nc2nc(c1C)OC[C@@H](CC(C)(C)C)N(Cc1cnc3cc(C(C)(C)C)n(C)c3n1)C(=O)c1cccc(c1)S(=O)(=O)N2.[HH]. The Hall–Kier alpha value is -4.84. The molecule has 6 rings (SSSR count). The van der Waals surface area contributed by atoms with Crippen LogP contribution in [0, 0.1) is 25.2 Å². The Kier molecular flexibility index (Phi) is 10.4. The molecule has 2 aromatic carbocycles. The fourth-order valence-corrected chi connectivity index (χ4v) is 8.32. The summed E-state index contributed by atoms with van der Waals surface area (Å²) in [5.74, 6) is 0.171. The van der Waals surface area contributed by atoms with Crippen LogP contribution < -0.4 is 9.46 Å². The van der Waals surface area contributed by atoms with Crippen molar-refractivity contribution in [2.24, 2.45) is 18.4 Å². The first-order valence-electron chi connectivity index (χ1n) is 18.6. The highest BCUT2D eigenvalue weighted by molar-refractivity contribution is 7.92. The average Bonchev–Trinajstić information content (AvgIpc) is 3.41. The first kappa shape index (κ1) is 38.9. The van der Waals surface area contributed by atoms with Crippen molar-refractivity contribution in [2.75, 3.05) is 11.3 Å². The van der Waals surface area contributed by atoms with Gasteiger partial charge >= 0.3 is 0 Å². The summed E-state index contributed by atoms with van der Waals surface area (Å²) in [6.45, 7) is 21.3. The van der Waals surface area contributed by atoms with E-state index in [1.54, 1.807) is 23.2 Å². The summed E-state index contributed by atoms with van der Waals surface area (Å²) < 4.78 is 39.2. The predicted octanol–water partition coefficient (Wildman–Crippen LogP) is 8.42. The van der Waals surface area contributed by atoms with E-state index in [0.717, 1.165) is 40.0 Å². The lowest BCUT2D eigenvalue weighted by Crippen LogP contribution is -2.45. The summed E-state index contributed by atoms with van der Waals surface area (Å²) in [6.07, 6.45) is 3.10. The third-order valence-electron chi connectivity index (χ3n) is 9.79. The van der Waals surface area contributed by atoms with Gasteiger partial charge < -0.3 is 14.2 Å². The molecule has 0 unspecified atom stereocenters. The zero-order chi connectivity index (χ0) is 39.3. The molecule has 3 aromatic heterocycles. The van der Waals surface area contributed by atoms with Gasteiger partial charge in [-0.2, -0.15) is 4.98 Å². The van der Waals surface area contributed by atoms with Crippen LogP contribution in [0.1, 0.15) is 102 Å². The Morgan fingerprint density at radius 2 is 1.72 bits per heavy atom. The number of ether oxygens (including phenoxy) is 1. The molecular weight excluding hydrogens is 699 g/mol. The van der Waals surface area contributed by atoms with E-state index in [4.69, 9.17) is 19.7 Å². The maximum absolute atomic E-state index is 14.7. The van der Waals surface area contributed by atoms with E-state index in [9.17, 15) is 13.2 Å². The topological polar surface area (TPSA) is 132 Å². The predicted molar refractivity (Wildman–Crippen MR) is 215 cm³/mol. The first-order chi connectivity index (χ1) is 25.2. The molecule has 4 heterocycles. The molecule has 1 N–H and O–H groups in total. The van der Waals surface area contributed by atoms with Gasteiger partial charge in [0.05, 0.1) is 35.1 Å². The third kappa shape index (κ3) is 8.13. The molecule has 5 aromatic rings. The zero-order valence-corrected chi connectivity index (χ0v) is 34.2. The molecule has 0 spiro atoms. The zero-order valence-electron chi connectivity index (χ0n) is 33.4. The molecule has 0 aliphatic carbocycles. The lowest BCUT2D eigenvalue weighted by atomic mass is 9.87. The molecule has 12 heteroatoms. The molecule has 1 aliphatic rings. The monoisotopic (exact) mass is 753 g/mol. The van der Waals surface area contributed by atoms with Crippen molar-refractivity contribution in [1.29, 1.82) is 0 Å². The smallest absolute Gasteiger partial charge is 0.264 e. The largest absolute Gasteiger partial charge is 0.475 e. The van der Waals surface area contributed by atoms with E-state index >= 15 is 0 Å². The van der Waals surface area contributed by atoms with E-state index < -0.39 is 16.1 Å². The van der Waals surface area contributed by atoms with Gasteiger partial charge in [0.15, 0.2) is 5.65 Å². The molecule has 1 atom stereocenters. The van der Waals surface area contributed by atoms with E-state index in [1.165, 1.54) is 12.1 Å². The van der Waals surface area contributed by atoms with Gasteiger partial charge in [0.25, 0.3) is 15.9 Å². The van der Waals surface area contributed by atoms with Gasteiger partial charge in [-0.05, 0) is 73.4 Å². The average molecular weight is 754 g/mol. The second-order valence-electron chi connectivity index (χ2n) is 17.2. The standard InChI is InChI=1S/C42H53N7O4S.H2/c1-25(2)18-28-15-12-14-26(3)35(28)36-27(4)38-46-40(45-36)47-54(51,52)32-17-13-16-29(19-32)39(50)49(31(24-53-38)21-41(5,6)7)23-30-22-43-33-20-34(42(8,9)10)48(11)37(33)44-30;/h12-17,19-20,22,25,31H,18,21,23-24H2,1-11H3,(H,45,46,47);1H/t31-;/m1./s1. The van der Waals surface area contributed by atoms with Crippen molar-refractivity contribution in [3.63, 3.8) is 0 Å². The Labute approximate surface area is 321 Å². The Morgan fingerprint density at radius 1 is 1.00 bits per heavy atom. The van der Waals surface area contributed by atoms with Crippen LogP contribution in [0.5, 0.6) is 5.88 Å². The summed E-state index contributed by atoms with van der Waals surface area (Å²) in [5, 5.41) is 0. The molecule has 1 aliphatic heterocycles. The minimum Gasteiger partial charge on any atom is -0.475 e. The number of anilines is 1. The molecule has 11 nitrogen and oxygen atoms in total. The van der Waals surface area contributed by atoms with E-state index in [2.05, 4.69) is 81.8 Å². The Balaban J connectivity index is 0.00000580. The molecule has 0 fully saturated rings. The van der Waals surface area contributed by atoms with Gasteiger partial charge in [-0.1, -0.05) is 79.7 Å². The van der Waals surface area contributed by atoms with E-state index in [0.29, 0.717) is 29.3 Å². The highest BCUT2D eigenvalue weighted by Gasteiger charge is 2.33. The summed E-state index contributed by atoms with van der Waals surface area (Å²) >= 11 is 0. The van der Waals surface area contributed by atoms with Crippen LogP contribution in [-0.2, 0) is 35.5 Å². The lowest BCUT2D eigenvalue weighted by Gasteiger charge is -2.35. The number of hydrogen-bond donors (Lipinski definition) is 1. The minimum absolute atomic E-state index is 0. The van der Waals surface area contributed by atoms with Crippen LogP contribution in [0.25, 0.3) is 22.4 Å². The number of benzene rings is 2. The fraction of sp³-hybridized carbons (Fsp3) is 0.452. The number of fused-ring (bicyclic) bond motifs is 5. The van der Waals surface area contributed by atoms with Gasteiger partial charge in [0, 0.05) is 36.3 Å². The molecule has 1 amide bonds. The normalized spacial score (nSPS) is 16.4. The molecule has 4 bridgehead atoms. The second-order valence-corrected chi connectivity index (χ2v) is 18.9. The summed E-state index contributed by atoms with van der Waals surface area (Å²) in [7, 11) is -2.23. The van der Waals surface area contributed by atoms with Crippen LogP contribution in [0.4, 0.5) is 5.95 Å². The second kappa shape index (κ2) is 14.4. The number of sulfonamides is 1. The van der Waals surface area contributed by atoms with Gasteiger partial charge in [-0.25, -0.2) is 23.1 Å². The van der Waals surface area contributed by atoms with Gasteiger partial charge in [-0.3, -0.25) is 9.78 Å². The number of carbonyl (C=O) groups is 1. The quantitative estimate of drug-likeness (QED) is 0.183. The van der Waals surface area contributed by atoms with Crippen molar-refractivity contribution in [3.8, 4) is 17.1 Å². The number of amides is 1. The molecular formula is C42H55N7O4S. The van der Waals surface area contributed by atoms with Gasteiger partial charge in [0.2, 0.25) is 11.8 Å². The van der Waals surface area contributed by atoms with Crippen molar-refractivity contribution in [2.45, 2.75) is 105 Å². The van der Waals surface area contributed by atoms with Crippen molar-refractivity contribution in [1.82, 2.24) is 29.4 Å². The van der Waals surface area contributed by atoms with E-state index in [1.807, 2.05) is 33.0 Å². The maximum Gasteiger partial charge on any atom is 0.264 e. The highest BCUT2D eigenvalue weighted by Crippen LogP contribution is 2.36. The number of nitrogens with one attached hydrogen (secondary N) is 1. The van der Waals surface area contributed by atoms with Crippen LogP contribution in [0.15, 0.2) is 59.6 Å². The molecule has 288 valence electrons. The lowest BCUT2D eigenvalue weighted by molar-refractivity contribution is 0.0508. The fourth-order valence-electron chi connectivity index (χ4n) is 7.34. The van der Waals surface area contributed by atoms with Gasteiger partial charge in [-0.15, -0.1) is 0 Å². The highest BCUT2D eigenvalue weighted by atomic mass is 32.2. The molecule has 0 radical (unpaired) electrons. The molecule has 0 saturated heterocycles. The molecule has 54 heavy (non-hydrogen) atoms. The Morgan fingerprint density at radius 3 is 2.41 bits per heavy atom. The van der Waals surface area contributed by atoms with E-state index in [-0.39, 0.29) is 53.6 Å². The number of carbonyl (C=O) groups excluding carboxylic acids is 1. The summed E-state index contributed by atoms with van der Waals surface area (Å²) in [6, 6.07) is 13.8. The number of aromatic nitrogens is 5. The minimum atomic E-state index is -4.22. The first-order valence-corrected chi connectivity index (χ1v) is 20.1. The summed E-state index contributed by atoms with van der Waals surface area (Å²) in [5.41, 5.74) is 7.40. The third-order valence-corrected chi connectivity index (χ3v) is 11.1. The number of hydrogen-bond acceptors (Lipinski definition) is 8. The van der Waals surface area contributed by atoms with Crippen LogP contribution in [0.3, 0.4) is 0 Å². The molecule has 0 saturated carbocycles. The van der Waals surface area contributed by atoms with Crippen LogP contribution in [-0.4, -0.2) is 56.4 Å². The number of aryl methyl sites for hydroxylation is 2. The number of nitrogens with zero attached hydrogens (tertiary/aromatic N) is 6. The Bertz CT molecular complexity index is 2340. The maximum atomic E-state index is 14.7. The van der Waals surface area contributed by atoms with Crippen molar-refractivity contribution >= 4 is 33.0 Å². The van der Waals surface area contributed by atoms with Crippen LogP contribution >= 0.6 is 0 Å². The van der Waals surface area contributed by atoms with Gasteiger partial charge in [0.1, 0.15) is 12.1 Å². The van der Waals surface area contributed by atoms with Crippen molar-refractivity contribution < 1.29 is 19.4 Å². The van der Waals surface area contributed by atoms with Crippen LogP contribution in [0.2, 0.25) is 0 Å². The number of rotatable bonds is 6. The van der Waals surface area contributed by atoms with Crippen molar-refractivity contribution in [3.05, 3.63) is 88.4 Å².